The SMILES string of the molecule is O=C(COc1ccccc1)NCC(=O)NNC(=O)c1cccc(S(=O)(=O)N2CCOCC2)c1. The maximum Gasteiger partial charge on any atom is 0.269 e. The molecule has 1 saturated heterocycles. The van der Waals surface area contributed by atoms with Gasteiger partial charge in [0.1, 0.15) is 5.75 Å². The van der Waals surface area contributed by atoms with Crippen LogP contribution in [0.5, 0.6) is 5.75 Å². The molecule has 0 bridgehead atoms. The van der Waals surface area contributed by atoms with Crippen LogP contribution in [0.3, 0.4) is 0 Å². The van der Waals surface area contributed by atoms with Crippen molar-refractivity contribution in [2.24, 2.45) is 0 Å². The van der Waals surface area contributed by atoms with Crippen LogP contribution >= 0.6 is 0 Å². The normalized spacial score (nSPS) is 14.2. The number of rotatable bonds is 8. The Morgan fingerprint density at radius 3 is 2.39 bits per heavy atom. The summed E-state index contributed by atoms with van der Waals surface area (Å²) in [6.45, 7) is 0.422. The molecule has 0 aromatic heterocycles. The van der Waals surface area contributed by atoms with Gasteiger partial charge < -0.3 is 14.8 Å². The van der Waals surface area contributed by atoms with Crippen LogP contribution in [-0.4, -0.2) is 69.9 Å². The first kappa shape index (κ1) is 24.2. The number of nitrogens with one attached hydrogen (secondary N) is 3. The minimum atomic E-state index is -3.77. The molecule has 0 atom stereocenters. The van der Waals surface area contributed by atoms with Crippen molar-refractivity contribution in [1.29, 1.82) is 0 Å². The van der Waals surface area contributed by atoms with Crippen LogP contribution in [0.1, 0.15) is 10.4 Å². The number of morpholine rings is 1. The molecule has 3 amide bonds. The van der Waals surface area contributed by atoms with Gasteiger partial charge in [0, 0.05) is 18.7 Å². The standard InChI is InChI=1S/C21H24N4O7S/c26-19(14-22-20(27)15-32-17-6-2-1-3-7-17)23-24-21(28)16-5-4-8-18(13-16)33(29,30)25-9-11-31-12-10-25/h1-8,13H,9-12,14-15H2,(H,22,27)(H,23,26)(H,24,28). The third kappa shape index (κ3) is 7.00. The van der Waals surface area contributed by atoms with Crippen molar-refractivity contribution in [3.8, 4) is 5.75 Å². The molecule has 0 saturated carbocycles. The van der Waals surface area contributed by atoms with Gasteiger partial charge in [-0.15, -0.1) is 0 Å². The van der Waals surface area contributed by atoms with E-state index in [1.807, 2.05) is 6.07 Å². The first-order chi connectivity index (χ1) is 15.9. The van der Waals surface area contributed by atoms with Crippen LogP contribution in [0.25, 0.3) is 0 Å². The van der Waals surface area contributed by atoms with Gasteiger partial charge in [0.2, 0.25) is 10.0 Å². The molecule has 2 aromatic carbocycles. The topological polar surface area (TPSA) is 143 Å². The lowest BCUT2D eigenvalue weighted by Gasteiger charge is -2.26. The molecule has 3 rings (SSSR count). The highest BCUT2D eigenvalue weighted by Gasteiger charge is 2.26. The summed E-state index contributed by atoms with van der Waals surface area (Å²) in [5.74, 6) is -1.38. The van der Waals surface area contributed by atoms with Gasteiger partial charge in [-0.1, -0.05) is 24.3 Å². The zero-order valence-corrected chi connectivity index (χ0v) is 18.5. The second kappa shape index (κ2) is 11.4. The second-order valence-corrected chi connectivity index (χ2v) is 8.86. The largest absolute Gasteiger partial charge is 0.484 e. The molecule has 1 aliphatic heterocycles. The Morgan fingerprint density at radius 1 is 0.939 bits per heavy atom. The number of benzene rings is 2. The monoisotopic (exact) mass is 476 g/mol. The van der Waals surface area contributed by atoms with E-state index in [0.717, 1.165) is 0 Å². The van der Waals surface area contributed by atoms with Crippen LogP contribution in [0.2, 0.25) is 0 Å². The van der Waals surface area contributed by atoms with Gasteiger partial charge in [-0.2, -0.15) is 4.31 Å². The molecule has 2 aromatic rings. The van der Waals surface area contributed by atoms with E-state index in [0.29, 0.717) is 19.0 Å². The Labute approximate surface area is 191 Å². The Balaban J connectivity index is 1.45. The number of hydrazine groups is 1. The van der Waals surface area contributed by atoms with E-state index in [-0.39, 0.29) is 36.7 Å². The number of hydrogen-bond donors (Lipinski definition) is 3. The third-order valence-corrected chi connectivity index (χ3v) is 6.47. The molecule has 0 spiro atoms. The van der Waals surface area contributed by atoms with Crippen molar-refractivity contribution in [2.75, 3.05) is 39.5 Å². The average molecular weight is 477 g/mol. The fourth-order valence-electron chi connectivity index (χ4n) is 2.87. The van der Waals surface area contributed by atoms with E-state index in [1.165, 1.54) is 28.6 Å². The quantitative estimate of drug-likeness (QED) is 0.443. The number of para-hydroxylation sites is 1. The van der Waals surface area contributed by atoms with Crippen molar-refractivity contribution < 1.29 is 32.3 Å². The number of ether oxygens (including phenoxy) is 2. The lowest BCUT2D eigenvalue weighted by Crippen LogP contribution is -2.47. The van der Waals surface area contributed by atoms with E-state index in [9.17, 15) is 22.8 Å². The molecule has 1 fully saturated rings. The zero-order valence-electron chi connectivity index (χ0n) is 17.7. The summed E-state index contributed by atoms with van der Waals surface area (Å²) in [6.07, 6.45) is 0. The fraction of sp³-hybridized carbons (Fsp3) is 0.286. The van der Waals surface area contributed by atoms with E-state index in [4.69, 9.17) is 9.47 Å². The predicted molar refractivity (Wildman–Crippen MR) is 117 cm³/mol. The lowest BCUT2D eigenvalue weighted by atomic mass is 10.2. The fourth-order valence-corrected chi connectivity index (χ4v) is 4.33. The molecule has 1 heterocycles. The van der Waals surface area contributed by atoms with Crippen molar-refractivity contribution in [2.45, 2.75) is 4.90 Å². The van der Waals surface area contributed by atoms with Crippen LogP contribution in [0, 0.1) is 0 Å². The maximum atomic E-state index is 12.7. The van der Waals surface area contributed by atoms with E-state index < -0.39 is 27.7 Å². The van der Waals surface area contributed by atoms with E-state index in [1.54, 1.807) is 24.3 Å². The van der Waals surface area contributed by atoms with E-state index in [2.05, 4.69) is 16.2 Å². The highest BCUT2D eigenvalue weighted by atomic mass is 32.2. The molecule has 0 radical (unpaired) electrons. The van der Waals surface area contributed by atoms with Crippen molar-refractivity contribution in [3.05, 3.63) is 60.2 Å². The molecule has 3 N–H and O–H groups in total. The Morgan fingerprint density at radius 2 is 1.67 bits per heavy atom. The summed E-state index contributed by atoms with van der Waals surface area (Å²) < 4.78 is 37.2. The molecule has 0 unspecified atom stereocenters. The molecule has 0 aliphatic carbocycles. The van der Waals surface area contributed by atoms with Crippen molar-refractivity contribution >= 4 is 27.7 Å². The zero-order chi connectivity index (χ0) is 23.7. The van der Waals surface area contributed by atoms with Crippen LogP contribution < -0.4 is 20.9 Å². The molecule has 11 nitrogen and oxygen atoms in total. The van der Waals surface area contributed by atoms with Crippen molar-refractivity contribution in [3.63, 3.8) is 0 Å². The van der Waals surface area contributed by atoms with Gasteiger partial charge in [0.25, 0.3) is 17.7 Å². The van der Waals surface area contributed by atoms with Crippen LogP contribution in [0.4, 0.5) is 0 Å². The Kier molecular flexibility index (Phi) is 8.35. The molecule has 1 aliphatic rings. The number of carbonyl (C=O) groups is 3. The summed E-state index contributed by atoms with van der Waals surface area (Å²) in [5.41, 5.74) is 4.40. The van der Waals surface area contributed by atoms with Gasteiger partial charge in [-0.25, -0.2) is 8.42 Å². The number of sulfonamides is 1. The summed E-state index contributed by atoms with van der Waals surface area (Å²) in [5, 5.41) is 2.36. The van der Waals surface area contributed by atoms with Crippen molar-refractivity contribution in [1.82, 2.24) is 20.5 Å². The molecular weight excluding hydrogens is 452 g/mol. The highest BCUT2D eigenvalue weighted by Crippen LogP contribution is 2.18. The number of nitrogens with zero attached hydrogens (tertiary/aromatic N) is 1. The first-order valence-electron chi connectivity index (χ1n) is 10.1. The summed E-state index contributed by atoms with van der Waals surface area (Å²) >= 11 is 0. The maximum absolute atomic E-state index is 12.7. The van der Waals surface area contributed by atoms with Gasteiger partial charge in [0.05, 0.1) is 24.7 Å². The number of carbonyl (C=O) groups excluding carboxylic acids is 3. The Bertz CT molecular complexity index is 1090. The Hall–Kier alpha value is -3.48. The minimum Gasteiger partial charge on any atom is -0.484 e. The summed E-state index contributed by atoms with van der Waals surface area (Å²) in [7, 11) is -3.77. The predicted octanol–water partition coefficient (Wildman–Crippen LogP) is -0.336. The number of hydrogen-bond acceptors (Lipinski definition) is 7. The lowest BCUT2D eigenvalue weighted by molar-refractivity contribution is -0.127. The van der Waals surface area contributed by atoms with Gasteiger partial charge in [0.15, 0.2) is 6.61 Å². The van der Waals surface area contributed by atoms with Crippen LogP contribution in [-0.2, 0) is 24.3 Å². The summed E-state index contributed by atoms with van der Waals surface area (Å²) in [6, 6.07) is 14.2. The third-order valence-electron chi connectivity index (χ3n) is 4.58. The van der Waals surface area contributed by atoms with Gasteiger partial charge >= 0.3 is 0 Å². The van der Waals surface area contributed by atoms with Gasteiger partial charge in [-0.3, -0.25) is 25.2 Å². The average Bonchev–Trinajstić information content (AvgIpc) is 2.86. The summed E-state index contributed by atoms with van der Waals surface area (Å²) in [4.78, 5) is 36.0. The molecular formula is C21H24N4O7S. The van der Waals surface area contributed by atoms with Crippen LogP contribution in [0.15, 0.2) is 59.5 Å². The number of amides is 3. The van der Waals surface area contributed by atoms with Gasteiger partial charge in [-0.05, 0) is 30.3 Å². The molecule has 176 valence electrons. The first-order valence-corrected chi connectivity index (χ1v) is 11.5. The molecule has 33 heavy (non-hydrogen) atoms. The minimum absolute atomic E-state index is 0.0333. The molecule has 12 heteroatoms. The smallest absolute Gasteiger partial charge is 0.269 e. The highest BCUT2D eigenvalue weighted by molar-refractivity contribution is 7.89. The van der Waals surface area contributed by atoms with E-state index >= 15 is 0 Å². The second-order valence-electron chi connectivity index (χ2n) is 6.93.